The highest BCUT2D eigenvalue weighted by atomic mass is 14.2. The lowest BCUT2D eigenvalue weighted by atomic mass is 9.81. The minimum Gasteiger partial charge on any atom is -0.0683 e. The number of hydrogen-bond donors (Lipinski definition) is 0. The highest BCUT2D eigenvalue weighted by molar-refractivity contribution is 6.24. The Labute approximate surface area is 125 Å². The maximum absolute atomic E-state index is 2.40. The molecule has 0 amide bonds. The largest absolute Gasteiger partial charge is 0.0683 e. The Morgan fingerprint density at radius 2 is 1.33 bits per heavy atom. The molecule has 4 aromatic carbocycles. The van der Waals surface area contributed by atoms with E-state index < -0.39 is 0 Å². The predicted octanol–water partition coefficient (Wildman–Crippen LogP) is 6.02. The van der Waals surface area contributed by atoms with E-state index in [4.69, 9.17) is 0 Å². The molecular weight excluding hydrogens is 252 g/mol. The number of benzene rings is 4. The van der Waals surface area contributed by atoms with Crippen LogP contribution in [0.4, 0.5) is 0 Å². The van der Waals surface area contributed by atoms with Crippen molar-refractivity contribution in [3.05, 3.63) is 59.2 Å². The van der Waals surface area contributed by atoms with Crippen LogP contribution >= 0.6 is 0 Å². The second-order valence-electron chi connectivity index (χ2n) is 5.88. The minimum absolute atomic E-state index is 1.25. The molecule has 0 spiro atoms. The third-order valence-corrected chi connectivity index (χ3v) is 4.71. The summed E-state index contributed by atoms with van der Waals surface area (Å²) < 4.78 is 0. The van der Waals surface area contributed by atoms with E-state index in [9.17, 15) is 0 Å². The Morgan fingerprint density at radius 3 is 1.95 bits per heavy atom. The molecular formula is C21H20. The molecule has 0 fully saturated rings. The minimum atomic E-state index is 1.25. The van der Waals surface area contributed by atoms with E-state index in [1.165, 1.54) is 50.7 Å². The molecule has 0 saturated heterocycles. The maximum atomic E-state index is 2.40. The van der Waals surface area contributed by atoms with E-state index in [1.807, 2.05) is 13.8 Å². The molecule has 0 heterocycles. The molecule has 104 valence electrons. The van der Waals surface area contributed by atoms with E-state index >= 15 is 0 Å². The van der Waals surface area contributed by atoms with Crippen molar-refractivity contribution in [1.82, 2.24) is 0 Å². The van der Waals surface area contributed by atoms with Gasteiger partial charge in [-0.25, -0.2) is 0 Å². The first-order chi connectivity index (χ1) is 10.3. The second kappa shape index (κ2) is 4.46. The molecule has 0 heteroatoms. The van der Waals surface area contributed by atoms with Gasteiger partial charge in [0.2, 0.25) is 0 Å². The second-order valence-corrected chi connectivity index (χ2v) is 5.88. The van der Waals surface area contributed by atoms with Gasteiger partial charge in [0.1, 0.15) is 0 Å². The van der Waals surface area contributed by atoms with Gasteiger partial charge in [-0.05, 0) is 68.8 Å². The summed E-state index contributed by atoms with van der Waals surface area (Å²) in [4.78, 5) is 0. The van der Waals surface area contributed by atoms with Crippen molar-refractivity contribution in [2.45, 2.75) is 33.6 Å². The van der Waals surface area contributed by atoms with Crippen LogP contribution in [0.3, 0.4) is 0 Å². The lowest BCUT2D eigenvalue weighted by Crippen LogP contribution is -2.09. The molecule has 0 unspecified atom stereocenters. The molecule has 21 heavy (non-hydrogen) atoms. The van der Waals surface area contributed by atoms with Crippen molar-refractivity contribution in [3.63, 3.8) is 0 Å². The predicted molar refractivity (Wildman–Crippen MR) is 93.6 cm³/mol. The molecule has 4 aromatic rings. The topological polar surface area (TPSA) is 0 Å². The summed E-state index contributed by atoms with van der Waals surface area (Å²) in [5.74, 6) is 0. The van der Waals surface area contributed by atoms with E-state index in [-0.39, 0.29) is 0 Å². The molecule has 0 atom stereocenters. The van der Waals surface area contributed by atoms with E-state index in [2.05, 4.69) is 49.4 Å². The van der Waals surface area contributed by atoms with Crippen LogP contribution in [-0.4, -0.2) is 0 Å². The number of fused-ring (bicyclic) bond motifs is 2. The van der Waals surface area contributed by atoms with Crippen molar-refractivity contribution in [1.29, 1.82) is 0 Å². The van der Waals surface area contributed by atoms with Gasteiger partial charge in [-0.1, -0.05) is 56.3 Å². The summed E-state index contributed by atoms with van der Waals surface area (Å²) in [6.07, 6.45) is 2.51. The van der Waals surface area contributed by atoms with E-state index in [0.717, 1.165) is 0 Å². The Kier molecular flexibility index (Phi) is 2.68. The van der Waals surface area contributed by atoms with Crippen LogP contribution in [0.5, 0.6) is 0 Å². The van der Waals surface area contributed by atoms with Crippen molar-refractivity contribution >= 4 is 32.3 Å². The quantitative estimate of drug-likeness (QED) is 0.343. The van der Waals surface area contributed by atoms with Gasteiger partial charge in [0.25, 0.3) is 0 Å². The van der Waals surface area contributed by atoms with Gasteiger partial charge in [-0.2, -0.15) is 0 Å². The fraction of sp³-hybridized carbons (Fsp3) is 0.238. The van der Waals surface area contributed by atoms with Gasteiger partial charge in [0, 0.05) is 0 Å². The summed E-state index contributed by atoms with van der Waals surface area (Å²) in [5, 5.41) is 8.60. The Bertz CT molecular complexity index is 941. The smallest absolute Gasteiger partial charge is 0.00238 e. The summed E-state index contributed by atoms with van der Waals surface area (Å²) in [6, 6.07) is 16.2. The lowest BCUT2D eigenvalue weighted by Gasteiger charge is -2.23. The molecule has 0 aromatic heterocycles. The lowest BCUT2D eigenvalue weighted by molar-refractivity contribution is 0.854. The van der Waals surface area contributed by atoms with Crippen LogP contribution in [0.2, 0.25) is 0 Å². The first-order valence-corrected chi connectivity index (χ1v) is 8.01. The zero-order valence-corrected chi connectivity index (χ0v) is 13.0. The van der Waals surface area contributed by atoms with Gasteiger partial charge >= 0.3 is 0 Å². The first-order valence-electron chi connectivity index (χ1n) is 8.01. The third-order valence-electron chi connectivity index (χ3n) is 4.71. The Balaban J connectivity index is 0.000000555. The van der Waals surface area contributed by atoms with Crippen molar-refractivity contribution < 1.29 is 0 Å². The first kappa shape index (κ1) is 12.6. The zero-order valence-electron chi connectivity index (χ0n) is 13.0. The van der Waals surface area contributed by atoms with E-state index in [0.29, 0.717) is 0 Å². The number of aryl methyl sites for hydroxylation is 3. The van der Waals surface area contributed by atoms with Gasteiger partial charge in [-0.15, -0.1) is 0 Å². The van der Waals surface area contributed by atoms with Gasteiger partial charge in [-0.3, -0.25) is 0 Å². The number of hydrogen-bond acceptors (Lipinski definition) is 0. The molecule has 1 aliphatic rings. The van der Waals surface area contributed by atoms with Gasteiger partial charge < -0.3 is 0 Å². The summed E-state index contributed by atoms with van der Waals surface area (Å²) in [5.41, 5.74) is 4.49. The monoisotopic (exact) mass is 272 g/mol. The molecule has 0 saturated carbocycles. The van der Waals surface area contributed by atoms with Crippen LogP contribution in [0.25, 0.3) is 32.3 Å². The highest BCUT2D eigenvalue weighted by Crippen LogP contribution is 2.40. The summed E-state index contributed by atoms with van der Waals surface area (Å²) in [7, 11) is 0. The number of rotatable bonds is 0. The van der Waals surface area contributed by atoms with E-state index in [1.54, 1.807) is 11.1 Å². The standard InChI is InChI=1S/C19H14.C2H6/c1-11-8-13-2-3-15-10-12-4-6-16(12)17-7-5-14(9-11)18(13)19(15)17;1-2/h2-3,5,7-10H,4,6H2,1H3;1-2H3. The Morgan fingerprint density at radius 1 is 0.714 bits per heavy atom. The molecule has 0 nitrogen and oxygen atoms in total. The molecule has 0 N–H and O–H groups in total. The normalized spacial score (nSPS) is 13.1. The van der Waals surface area contributed by atoms with Gasteiger partial charge in [0.05, 0.1) is 0 Å². The maximum Gasteiger partial charge on any atom is -0.00238 e. The van der Waals surface area contributed by atoms with Crippen LogP contribution in [0.15, 0.2) is 42.5 Å². The van der Waals surface area contributed by atoms with Crippen molar-refractivity contribution in [3.8, 4) is 0 Å². The fourth-order valence-corrected chi connectivity index (χ4v) is 3.77. The van der Waals surface area contributed by atoms with Crippen LogP contribution in [0.1, 0.15) is 30.5 Å². The Hall–Kier alpha value is -2.08. The summed E-state index contributed by atoms with van der Waals surface area (Å²) in [6.45, 7) is 6.18. The van der Waals surface area contributed by atoms with Crippen molar-refractivity contribution in [2.24, 2.45) is 0 Å². The molecule has 5 rings (SSSR count). The SMILES string of the molecule is CC.Cc1cc2ccc3cc4c(c5ccc(c1)c2c35)CC4. The molecule has 0 bridgehead atoms. The molecule has 0 aliphatic heterocycles. The molecule has 1 aliphatic carbocycles. The summed E-state index contributed by atoms with van der Waals surface area (Å²) >= 11 is 0. The van der Waals surface area contributed by atoms with Crippen molar-refractivity contribution in [2.75, 3.05) is 0 Å². The average molecular weight is 272 g/mol. The zero-order chi connectivity index (χ0) is 14.6. The molecule has 0 radical (unpaired) electrons. The highest BCUT2D eigenvalue weighted by Gasteiger charge is 2.19. The van der Waals surface area contributed by atoms with Crippen LogP contribution in [0, 0.1) is 6.92 Å². The fourth-order valence-electron chi connectivity index (χ4n) is 3.77. The van der Waals surface area contributed by atoms with Crippen LogP contribution in [-0.2, 0) is 12.8 Å². The third kappa shape index (κ3) is 1.62. The van der Waals surface area contributed by atoms with Crippen LogP contribution < -0.4 is 0 Å². The average Bonchev–Trinajstić information content (AvgIpc) is 2.48. The van der Waals surface area contributed by atoms with Gasteiger partial charge in [0.15, 0.2) is 0 Å².